The van der Waals surface area contributed by atoms with Gasteiger partial charge in [0.25, 0.3) is 0 Å². The van der Waals surface area contributed by atoms with Crippen LogP contribution in [0.5, 0.6) is 0 Å². The molecule has 0 aliphatic rings. The van der Waals surface area contributed by atoms with E-state index in [0.29, 0.717) is 17.8 Å². The molecule has 0 saturated heterocycles. The molecule has 5 heteroatoms. The van der Waals surface area contributed by atoms with Crippen molar-refractivity contribution in [3.63, 3.8) is 0 Å². The summed E-state index contributed by atoms with van der Waals surface area (Å²) in [6.07, 6.45) is 0. The van der Waals surface area contributed by atoms with Crippen molar-refractivity contribution >= 4 is 27.5 Å². The second-order valence-electron chi connectivity index (χ2n) is 2.73. The largest absolute Gasteiger partial charge is 0.384 e. The van der Waals surface area contributed by atoms with Crippen LogP contribution in [-0.2, 0) is 0 Å². The molecule has 0 aromatic heterocycles. The second kappa shape index (κ2) is 4.41. The molecule has 3 nitrogen and oxygen atoms in total. The summed E-state index contributed by atoms with van der Waals surface area (Å²) in [6.45, 7) is 2.52. The molecule has 0 saturated carbocycles. The van der Waals surface area contributed by atoms with Crippen LogP contribution >= 0.6 is 15.9 Å². The molecule has 0 spiro atoms. The topological polar surface area (TPSA) is 61.9 Å². The molecule has 76 valence electrons. The molecule has 0 radical (unpaired) electrons. The number of anilines is 1. The molecule has 1 rings (SSSR count). The van der Waals surface area contributed by atoms with E-state index in [2.05, 4.69) is 21.2 Å². The first-order valence-electron chi connectivity index (χ1n) is 4.14. The lowest BCUT2D eigenvalue weighted by Crippen LogP contribution is -2.13. The van der Waals surface area contributed by atoms with E-state index in [4.69, 9.17) is 11.1 Å². The van der Waals surface area contributed by atoms with Crippen molar-refractivity contribution in [2.24, 2.45) is 5.73 Å². The highest BCUT2D eigenvalue weighted by molar-refractivity contribution is 9.10. The van der Waals surface area contributed by atoms with Gasteiger partial charge < -0.3 is 11.1 Å². The number of nitrogens with one attached hydrogen (secondary N) is 2. The Labute approximate surface area is 90.1 Å². The lowest BCUT2D eigenvalue weighted by atomic mass is 10.2. The number of amidine groups is 1. The highest BCUT2D eigenvalue weighted by atomic mass is 79.9. The van der Waals surface area contributed by atoms with E-state index >= 15 is 0 Å². The van der Waals surface area contributed by atoms with E-state index < -0.39 is 5.82 Å². The smallest absolute Gasteiger partial charge is 0.161 e. The van der Waals surface area contributed by atoms with Crippen LogP contribution in [0.25, 0.3) is 0 Å². The Balaban J connectivity index is 3.19. The van der Waals surface area contributed by atoms with Crippen LogP contribution in [0.3, 0.4) is 0 Å². The van der Waals surface area contributed by atoms with Gasteiger partial charge in [-0.3, -0.25) is 5.41 Å². The Morgan fingerprint density at radius 3 is 2.79 bits per heavy atom. The average Bonchev–Trinajstić information content (AvgIpc) is 2.13. The quantitative estimate of drug-likeness (QED) is 0.576. The summed E-state index contributed by atoms with van der Waals surface area (Å²) >= 11 is 3.07. The van der Waals surface area contributed by atoms with Gasteiger partial charge in [0.05, 0.1) is 10.2 Å². The van der Waals surface area contributed by atoms with Crippen LogP contribution in [0.15, 0.2) is 16.6 Å². The minimum Gasteiger partial charge on any atom is -0.384 e. The first kappa shape index (κ1) is 11.0. The van der Waals surface area contributed by atoms with Crippen molar-refractivity contribution in [2.45, 2.75) is 6.92 Å². The van der Waals surface area contributed by atoms with Crippen molar-refractivity contribution < 1.29 is 4.39 Å². The summed E-state index contributed by atoms with van der Waals surface area (Å²) in [7, 11) is 0. The van der Waals surface area contributed by atoms with E-state index in [1.165, 1.54) is 0 Å². The molecule has 0 aliphatic carbocycles. The fourth-order valence-corrected chi connectivity index (χ4v) is 1.64. The summed E-state index contributed by atoms with van der Waals surface area (Å²) in [5.41, 5.74) is 6.05. The maximum Gasteiger partial charge on any atom is 0.161 e. The van der Waals surface area contributed by atoms with Gasteiger partial charge in [-0.15, -0.1) is 0 Å². The Morgan fingerprint density at radius 1 is 1.64 bits per heavy atom. The van der Waals surface area contributed by atoms with Crippen molar-refractivity contribution in [3.8, 4) is 0 Å². The molecule has 0 bridgehead atoms. The van der Waals surface area contributed by atoms with E-state index in [0.717, 1.165) is 0 Å². The molecule has 0 atom stereocenters. The Bertz CT molecular complexity index is 365. The standard InChI is InChI=1S/C9H11BrFN3/c1-2-14-6-4-3-5(9(12)13)7(10)8(6)11/h3-4,14H,2H2,1H3,(H3,12,13). The summed E-state index contributed by atoms with van der Waals surface area (Å²) in [5.74, 6) is -0.571. The maximum absolute atomic E-state index is 13.5. The summed E-state index contributed by atoms with van der Waals surface area (Å²) < 4.78 is 13.8. The van der Waals surface area contributed by atoms with Crippen LogP contribution < -0.4 is 11.1 Å². The fraction of sp³-hybridized carbons (Fsp3) is 0.222. The molecule has 0 unspecified atom stereocenters. The molecule has 0 heterocycles. The minimum absolute atomic E-state index is 0.154. The monoisotopic (exact) mass is 259 g/mol. The molecule has 0 amide bonds. The predicted octanol–water partition coefficient (Wildman–Crippen LogP) is 2.30. The van der Waals surface area contributed by atoms with Gasteiger partial charge >= 0.3 is 0 Å². The molecular formula is C9H11BrFN3. The Morgan fingerprint density at radius 2 is 2.29 bits per heavy atom. The van der Waals surface area contributed by atoms with Crippen LogP contribution in [0.2, 0.25) is 0 Å². The molecule has 0 aliphatic heterocycles. The zero-order chi connectivity index (χ0) is 10.7. The second-order valence-corrected chi connectivity index (χ2v) is 3.53. The maximum atomic E-state index is 13.5. The lowest BCUT2D eigenvalue weighted by molar-refractivity contribution is 0.623. The van der Waals surface area contributed by atoms with E-state index in [9.17, 15) is 4.39 Å². The Kier molecular flexibility index (Phi) is 3.46. The number of nitrogen functional groups attached to an aromatic ring is 1. The van der Waals surface area contributed by atoms with Gasteiger partial charge in [0.1, 0.15) is 5.84 Å². The SMILES string of the molecule is CCNc1ccc(C(=N)N)c(Br)c1F. The van der Waals surface area contributed by atoms with Crippen LogP contribution in [0, 0.1) is 11.2 Å². The Hall–Kier alpha value is -1.10. The molecule has 1 aromatic rings. The van der Waals surface area contributed by atoms with Crippen LogP contribution in [-0.4, -0.2) is 12.4 Å². The van der Waals surface area contributed by atoms with Crippen molar-refractivity contribution in [1.82, 2.24) is 0 Å². The number of nitrogens with two attached hydrogens (primary N) is 1. The zero-order valence-corrected chi connectivity index (χ0v) is 9.28. The van der Waals surface area contributed by atoms with Gasteiger partial charge in [0.15, 0.2) is 5.82 Å². The molecule has 1 aromatic carbocycles. The van der Waals surface area contributed by atoms with Gasteiger partial charge in [-0.05, 0) is 35.0 Å². The average molecular weight is 260 g/mol. The van der Waals surface area contributed by atoms with Crippen LogP contribution in [0.4, 0.5) is 10.1 Å². The van der Waals surface area contributed by atoms with E-state index in [-0.39, 0.29) is 10.3 Å². The number of benzene rings is 1. The van der Waals surface area contributed by atoms with Crippen molar-refractivity contribution in [2.75, 3.05) is 11.9 Å². The van der Waals surface area contributed by atoms with Crippen molar-refractivity contribution in [1.29, 1.82) is 5.41 Å². The first-order chi connectivity index (χ1) is 6.57. The third-order valence-corrected chi connectivity index (χ3v) is 2.51. The summed E-state index contributed by atoms with van der Waals surface area (Å²) in [5, 5.41) is 10.1. The third-order valence-electron chi connectivity index (χ3n) is 1.74. The summed E-state index contributed by atoms with van der Waals surface area (Å²) in [6, 6.07) is 3.17. The fourth-order valence-electron chi connectivity index (χ4n) is 1.08. The van der Waals surface area contributed by atoms with Gasteiger partial charge in [-0.2, -0.15) is 0 Å². The number of rotatable bonds is 3. The molecule has 14 heavy (non-hydrogen) atoms. The molecule has 0 fully saturated rings. The molecular weight excluding hydrogens is 249 g/mol. The number of hydrogen-bond donors (Lipinski definition) is 3. The lowest BCUT2D eigenvalue weighted by Gasteiger charge is -2.09. The van der Waals surface area contributed by atoms with Gasteiger partial charge in [0.2, 0.25) is 0 Å². The van der Waals surface area contributed by atoms with Crippen molar-refractivity contribution in [3.05, 3.63) is 28.0 Å². The van der Waals surface area contributed by atoms with Gasteiger partial charge in [-0.1, -0.05) is 0 Å². The number of halogens is 2. The number of hydrogen-bond acceptors (Lipinski definition) is 2. The zero-order valence-electron chi connectivity index (χ0n) is 7.70. The third kappa shape index (κ3) is 2.04. The minimum atomic E-state index is -0.417. The van der Waals surface area contributed by atoms with Crippen LogP contribution in [0.1, 0.15) is 12.5 Å². The van der Waals surface area contributed by atoms with E-state index in [1.54, 1.807) is 12.1 Å². The highest BCUT2D eigenvalue weighted by Crippen LogP contribution is 2.26. The van der Waals surface area contributed by atoms with Gasteiger partial charge in [-0.25, -0.2) is 4.39 Å². The molecule has 4 N–H and O–H groups in total. The normalized spacial score (nSPS) is 9.93. The summed E-state index contributed by atoms with van der Waals surface area (Å²) in [4.78, 5) is 0. The highest BCUT2D eigenvalue weighted by Gasteiger charge is 2.11. The van der Waals surface area contributed by atoms with Gasteiger partial charge in [0, 0.05) is 12.1 Å². The predicted molar refractivity (Wildman–Crippen MR) is 59.3 cm³/mol. The van der Waals surface area contributed by atoms with E-state index in [1.807, 2.05) is 6.92 Å². The first-order valence-corrected chi connectivity index (χ1v) is 4.93.